The zero-order chi connectivity index (χ0) is 43.7. The molecule has 320 valence electrons. The molecule has 62 heavy (non-hydrogen) atoms. The minimum atomic E-state index is -1.85. The van der Waals surface area contributed by atoms with Gasteiger partial charge in [-0.05, 0) is 94.8 Å². The molecule has 0 unspecified atom stereocenters. The molecule has 6 aromatic rings. The fourth-order valence-corrected chi connectivity index (χ4v) is 8.78. The van der Waals surface area contributed by atoms with Crippen LogP contribution in [0.1, 0.15) is 77.6 Å². The number of hydrogen-bond donors (Lipinski definition) is 4. The first-order chi connectivity index (χ1) is 30.1. The van der Waals surface area contributed by atoms with Gasteiger partial charge in [-0.15, -0.1) is 0 Å². The third kappa shape index (κ3) is 8.48. The summed E-state index contributed by atoms with van der Waals surface area (Å²) in [6.45, 7) is 0. The van der Waals surface area contributed by atoms with E-state index in [0.29, 0.717) is 69.2 Å². The zero-order valence-electron chi connectivity index (χ0n) is 35.5. The molecule has 0 saturated heterocycles. The molecule has 0 radical (unpaired) electrons. The highest BCUT2D eigenvalue weighted by molar-refractivity contribution is 6.05. The number of hydrogen-bond acceptors (Lipinski definition) is 8. The molecule has 10 nitrogen and oxygen atoms in total. The van der Waals surface area contributed by atoms with E-state index in [0.717, 1.165) is 6.42 Å². The maximum atomic E-state index is 15.5. The Hall–Kier alpha value is -6.62. The predicted molar refractivity (Wildman–Crippen MR) is 238 cm³/mol. The molecule has 0 spiro atoms. The summed E-state index contributed by atoms with van der Waals surface area (Å²) < 4.78 is 21.9. The lowest BCUT2D eigenvalue weighted by Crippen LogP contribution is -2.57. The van der Waals surface area contributed by atoms with E-state index in [1.165, 1.54) is 0 Å². The van der Waals surface area contributed by atoms with E-state index in [1.54, 1.807) is 126 Å². The quantitative estimate of drug-likeness (QED) is 0.0713. The lowest BCUT2D eigenvalue weighted by Gasteiger charge is -2.43. The van der Waals surface area contributed by atoms with Crippen molar-refractivity contribution >= 4 is 11.8 Å². The van der Waals surface area contributed by atoms with Gasteiger partial charge in [0.1, 0.15) is 39.6 Å². The highest BCUT2D eigenvalue weighted by Crippen LogP contribution is 2.47. The summed E-state index contributed by atoms with van der Waals surface area (Å²) >= 11 is 0. The molecule has 6 aromatic carbocycles. The van der Waals surface area contributed by atoms with Gasteiger partial charge in [-0.25, -0.2) is 0 Å². The van der Waals surface area contributed by atoms with Crippen LogP contribution in [0.25, 0.3) is 0 Å². The van der Waals surface area contributed by atoms with Gasteiger partial charge in [-0.1, -0.05) is 128 Å². The molecule has 0 aliphatic heterocycles. The van der Waals surface area contributed by atoms with Crippen LogP contribution >= 0.6 is 0 Å². The van der Waals surface area contributed by atoms with Gasteiger partial charge in [0.25, 0.3) is 0 Å². The fourth-order valence-electron chi connectivity index (χ4n) is 8.78. The summed E-state index contributed by atoms with van der Waals surface area (Å²) in [4.78, 5) is 31.0. The molecule has 0 heterocycles. The van der Waals surface area contributed by atoms with Crippen LogP contribution in [-0.4, -0.2) is 50.5 Å². The number of carbonyl (C=O) groups excluding carboxylic acids is 2. The number of amides is 2. The minimum absolute atomic E-state index is 0.251. The van der Waals surface area contributed by atoms with Crippen LogP contribution in [0, 0.1) is 5.41 Å². The SMILES string of the molecule is COc1ccc(C(O)(c2ccc(OC)cc2)[C@H](NC(=O)C2(C(=O)N[C@H](c3ccccc3)C(O)(c3ccc(OC)cc3)c3ccc(OC)cc3)CCCCC2)c2ccccc2)cc1. The van der Waals surface area contributed by atoms with Crippen molar-refractivity contribution in [3.63, 3.8) is 0 Å². The van der Waals surface area contributed by atoms with Crippen LogP contribution in [0.3, 0.4) is 0 Å². The molecule has 2 atom stereocenters. The van der Waals surface area contributed by atoms with E-state index in [9.17, 15) is 10.2 Å². The Morgan fingerprint density at radius 1 is 0.452 bits per heavy atom. The second kappa shape index (κ2) is 19.0. The van der Waals surface area contributed by atoms with Gasteiger partial charge in [0.05, 0.1) is 40.5 Å². The first-order valence-electron chi connectivity index (χ1n) is 20.9. The van der Waals surface area contributed by atoms with E-state index >= 15 is 9.59 Å². The Morgan fingerprint density at radius 3 is 0.984 bits per heavy atom. The van der Waals surface area contributed by atoms with Gasteiger partial charge < -0.3 is 39.8 Å². The lowest BCUT2D eigenvalue weighted by atomic mass is 9.70. The van der Waals surface area contributed by atoms with Gasteiger partial charge in [0.15, 0.2) is 0 Å². The van der Waals surface area contributed by atoms with Crippen molar-refractivity contribution in [1.82, 2.24) is 10.6 Å². The van der Waals surface area contributed by atoms with Crippen molar-refractivity contribution in [1.29, 1.82) is 0 Å². The van der Waals surface area contributed by atoms with Crippen molar-refractivity contribution < 1.29 is 38.7 Å². The van der Waals surface area contributed by atoms with E-state index in [-0.39, 0.29) is 12.8 Å². The number of ether oxygens (including phenoxy) is 4. The van der Waals surface area contributed by atoms with E-state index in [4.69, 9.17) is 18.9 Å². The Bertz CT molecular complexity index is 2120. The normalized spacial score (nSPS) is 14.7. The molecule has 0 bridgehead atoms. The maximum absolute atomic E-state index is 15.5. The van der Waals surface area contributed by atoms with Crippen molar-refractivity contribution in [3.05, 3.63) is 191 Å². The van der Waals surface area contributed by atoms with Crippen LogP contribution in [0.2, 0.25) is 0 Å². The summed E-state index contributed by atoms with van der Waals surface area (Å²) in [6.07, 6.45) is 2.59. The molecule has 10 heteroatoms. The number of rotatable bonds is 16. The summed E-state index contributed by atoms with van der Waals surface area (Å²) in [7, 11) is 6.29. The third-order valence-electron chi connectivity index (χ3n) is 12.3. The molecule has 2 amide bonds. The lowest BCUT2D eigenvalue weighted by molar-refractivity contribution is -0.149. The van der Waals surface area contributed by atoms with Gasteiger partial charge in [0.2, 0.25) is 11.8 Å². The monoisotopic (exact) mass is 834 g/mol. The topological polar surface area (TPSA) is 136 Å². The Balaban J connectivity index is 1.35. The molecular weight excluding hydrogens is 781 g/mol. The molecule has 1 aliphatic rings. The molecule has 1 fully saturated rings. The first kappa shape index (κ1) is 43.5. The number of methoxy groups -OCH3 is 4. The van der Waals surface area contributed by atoms with Crippen molar-refractivity contribution in [2.75, 3.05) is 28.4 Å². The third-order valence-corrected chi connectivity index (χ3v) is 12.3. The van der Waals surface area contributed by atoms with Crippen LogP contribution < -0.4 is 29.6 Å². The summed E-state index contributed by atoms with van der Waals surface area (Å²) in [5.41, 5.74) is -2.06. The Labute approximate surface area is 363 Å². The number of aliphatic hydroxyl groups is 2. The highest BCUT2D eigenvalue weighted by Gasteiger charge is 2.52. The summed E-state index contributed by atoms with van der Waals surface area (Å²) in [6, 6.07) is 44.7. The first-order valence-corrected chi connectivity index (χ1v) is 20.9. The standard InChI is InChI=1S/C52H54N2O8/c1-59-42-26-18-38(19-27-42)51(57,39-20-28-43(60-2)29-21-39)46(36-14-8-5-9-15-36)53-48(55)50(34-12-7-13-35-50)49(56)54-47(37-16-10-6-11-17-37)52(58,40-22-30-44(61-3)31-23-40)41-24-32-45(62-4)33-25-41/h5-6,8-11,14-33,46-47,57-58H,7,12-13,34-35H2,1-4H3,(H,53,55)(H,54,56)/t46-,47-/m1/s1. The van der Waals surface area contributed by atoms with Crippen molar-refractivity contribution in [2.45, 2.75) is 55.4 Å². The van der Waals surface area contributed by atoms with Crippen LogP contribution in [0.5, 0.6) is 23.0 Å². The average molecular weight is 835 g/mol. The van der Waals surface area contributed by atoms with Gasteiger partial charge in [-0.2, -0.15) is 0 Å². The second-order valence-corrected chi connectivity index (χ2v) is 15.7. The second-order valence-electron chi connectivity index (χ2n) is 15.7. The summed E-state index contributed by atoms with van der Waals surface area (Å²) in [5, 5.41) is 33.2. The van der Waals surface area contributed by atoms with Gasteiger partial charge in [0, 0.05) is 0 Å². The van der Waals surface area contributed by atoms with Crippen LogP contribution in [0.15, 0.2) is 158 Å². The Morgan fingerprint density at radius 2 is 0.726 bits per heavy atom. The molecular formula is C52H54N2O8. The molecule has 1 saturated carbocycles. The molecule has 7 rings (SSSR count). The predicted octanol–water partition coefficient (Wildman–Crippen LogP) is 8.56. The zero-order valence-corrected chi connectivity index (χ0v) is 35.5. The maximum Gasteiger partial charge on any atom is 0.236 e. The largest absolute Gasteiger partial charge is 0.497 e. The molecule has 1 aliphatic carbocycles. The number of carbonyl (C=O) groups is 2. The number of nitrogens with one attached hydrogen (secondary N) is 2. The highest BCUT2D eigenvalue weighted by atomic mass is 16.5. The molecule has 0 aromatic heterocycles. The van der Waals surface area contributed by atoms with Crippen LogP contribution in [-0.2, 0) is 20.8 Å². The number of benzene rings is 6. The Kier molecular flexibility index (Phi) is 13.3. The van der Waals surface area contributed by atoms with Crippen molar-refractivity contribution in [2.24, 2.45) is 5.41 Å². The van der Waals surface area contributed by atoms with Gasteiger partial charge in [-0.3, -0.25) is 9.59 Å². The average Bonchev–Trinajstić information content (AvgIpc) is 3.35. The van der Waals surface area contributed by atoms with Crippen molar-refractivity contribution in [3.8, 4) is 23.0 Å². The fraction of sp³-hybridized carbons (Fsp3) is 0.269. The minimum Gasteiger partial charge on any atom is -0.497 e. The van der Waals surface area contributed by atoms with Gasteiger partial charge >= 0.3 is 0 Å². The molecule has 4 N–H and O–H groups in total. The van der Waals surface area contributed by atoms with Crippen LogP contribution in [0.4, 0.5) is 0 Å². The van der Waals surface area contributed by atoms with E-state index in [1.807, 2.05) is 60.7 Å². The van der Waals surface area contributed by atoms with E-state index < -0.39 is 40.5 Å². The van der Waals surface area contributed by atoms with E-state index in [2.05, 4.69) is 10.6 Å². The smallest absolute Gasteiger partial charge is 0.236 e. The summed E-state index contributed by atoms with van der Waals surface area (Å²) in [5.74, 6) is 1.33.